The van der Waals surface area contributed by atoms with E-state index >= 15 is 0 Å². The number of hydrogen-bond acceptors (Lipinski definition) is 3. The summed E-state index contributed by atoms with van der Waals surface area (Å²) in [7, 11) is 0. The van der Waals surface area contributed by atoms with E-state index in [0.717, 1.165) is 10.9 Å². The van der Waals surface area contributed by atoms with Crippen LogP contribution in [0, 0.1) is 0 Å². The normalized spacial score (nSPS) is 18.2. The third kappa shape index (κ3) is 4.33. The van der Waals surface area contributed by atoms with Crippen LogP contribution in [0.1, 0.15) is 26.7 Å². The Morgan fingerprint density at radius 2 is 1.20 bits per heavy atom. The molecule has 154 valence electrons. The van der Waals surface area contributed by atoms with Gasteiger partial charge in [0.2, 0.25) is 0 Å². The first-order valence-corrected chi connectivity index (χ1v) is 16.9. The minimum absolute atomic E-state index is 0.236. The molecular weight excluding hydrogens is 479 g/mol. The number of carbonyl (C=O) groups excluding carboxylic acids is 1. The van der Waals surface area contributed by atoms with Gasteiger partial charge in [-0.05, 0) is 0 Å². The Balaban J connectivity index is 1.71. The molecule has 1 atom stereocenters. The Kier molecular flexibility index (Phi) is 6.30. The summed E-state index contributed by atoms with van der Waals surface area (Å²) in [5, 5.41) is 0. The third-order valence-electron chi connectivity index (χ3n) is 5.85. The number of benzene rings is 3. The molecule has 30 heavy (non-hydrogen) atoms. The van der Waals surface area contributed by atoms with E-state index in [1.54, 1.807) is 13.8 Å². The van der Waals surface area contributed by atoms with Gasteiger partial charge in [0.05, 0.1) is 0 Å². The fourth-order valence-electron chi connectivity index (χ4n) is 4.55. The molecule has 0 radical (unpaired) electrons. The quantitative estimate of drug-likeness (QED) is 0.362. The summed E-state index contributed by atoms with van der Waals surface area (Å²) in [4.78, 5) is 12.2. The number of cyclic esters (lactones) is 1. The van der Waals surface area contributed by atoms with Crippen LogP contribution in [0.3, 0.4) is 0 Å². The molecule has 0 aromatic heterocycles. The van der Waals surface area contributed by atoms with E-state index in [1.807, 2.05) is 0 Å². The summed E-state index contributed by atoms with van der Waals surface area (Å²) in [6.45, 7) is 3.60. The molecule has 3 aromatic rings. The Labute approximate surface area is 182 Å². The first-order chi connectivity index (χ1) is 14.5. The van der Waals surface area contributed by atoms with Gasteiger partial charge in [-0.15, -0.1) is 0 Å². The monoisotopic (exact) mass is 508 g/mol. The fraction of sp³-hybridized carbons (Fsp3) is 0.269. The zero-order valence-electron chi connectivity index (χ0n) is 17.6. The summed E-state index contributed by atoms with van der Waals surface area (Å²) in [5.74, 6) is -1.06. The van der Waals surface area contributed by atoms with Crippen molar-refractivity contribution in [3.05, 3.63) is 91.0 Å². The SMILES string of the molecule is CC1(C)OC(=O)C(CC[CH2][Sn]([c]2ccccc2)([c]2ccccc2)[c]2ccccc2)O1. The van der Waals surface area contributed by atoms with Crippen LogP contribution in [0.5, 0.6) is 0 Å². The molecule has 1 fully saturated rings. The summed E-state index contributed by atoms with van der Waals surface area (Å²) in [6, 6.07) is 32.9. The third-order valence-corrected chi connectivity index (χ3v) is 20.3. The van der Waals surface area contributed by atoms with Crippen LogP contribution in [0.25, 0.3) is 0 Å². The standard InChI is InChI=1S/C8H13O3.3C6H5.Sn/c1-4-5-6-7(9)11-8(2,3)10-6;3*1-2-4-6-5-3-1;/h6H,1,4-5H2,2-3H3;3*1-5H;. The van der Waals surface area contributed by atoms with Crippen molar-refractivity contribution in [2.24, 2.45) is 0 Å². The molecule has 1 heterocycles. The zero-order chi connectivity index (χ0) is 21.0. The van der Waals surface area contributed by atoms with Gasteiger partial charge in [-0.3, -0.25) is 0 Å². The van der Waals surface area contributed by atoms with E-state index in [1.165, 1.54) is 10.7 Å². The molecule has 4 heteroatoms. The number of carbonyl (C=O) groups is 1. The van der Waals surface area contributed by atoms with Gasteiger partial charge in [0.15, 0.2) is 0 Å². The van der Waals surface area contributed by atoms with Crippen LogP contribution in [0.2, 0.25) is 4.44 Å². The molecule has 1 unspecified atom stereocenters. The Bertz CT molecular complexity index is 874. The van der Waals surface area contributed by atoms with E-state index in [0.29, 0.717) is 6.42 Å². The Morgan fingerprint density at radius 1 is 0.767 bits per heavy atom. The maximum atomic E-state index is 12.2. The van der Waals surface area contributed by atoms with Crippen molar-refractivity contribution >= 4 is 35.1 Å². The van der Waals surface area contributed by atoms with E-state index in [4.69, 9.17) is 9.47 Å². The molecule has 0 bridgehead atoms. The van der Waals surface area contributed by atoms with Gasteiger partial charge >= 0.3 is 183 Å². The van der Waals surface area contributed by atoms with E-state index in [2.05, 4.69) is 91.0 Å². The average molecular weight is 507 g/mol. The van der Waals surface area contributed by atoms with Crippen LogP contribution in [0.15, 0.2) is 91.0 Å². The number of rotatable bonds is 7. The average Bonchev–Trinajstić information content (AvgIpc) is 3.04. The predicted molar refractivity (Wildman–Crippen MR) is 123 cm³/mol. The molecule has 0 N–H and O–H groups in total. The molecule has 4 rings (SSSR count). The van der Waals surface area contributed by atoms with Crippen molar-refractivity contribution in [1.82, 2.24) is 0 Å². The molecule has 1 aliphatic rings. The first kappa shape index (κ1) is 21.1. The molecule has 3 aromatic carbocycles. The van der Waals surface area contributed by atoms with E-state index in [-0.39, 0.29) is 5.97 Å². The second-order valence-electron chi connectivity index (χ2n) is 8.32. The molecular formula is C26H28O3Sn. The fourth-order valence-corrected chi connectivity index (χ4v) is 18.5. The first-order valence-electron chi connectivity index (χ1n) is 10.6. The van der Waals surface area contributed by atoms with Crippen molar-refractivity contribution in [3.63, 3.8) is 0 Å². The Morgan fingerprint density at radius 3 is 1.57 bits per heavy atom. The van der Waals surface area contributed by atoms with Crippen LogP contribution in [0.4, 0.5) is 0 Å². The molecule has 3 nitrogen and oxygen atoms in total. The van der Waals surface area contributed by atoms with Crippen molar-refractivity contribution in [2.45, 2.75) is 43.0 Å². The van der Waals surface area contributed by atoms with Crippen LogP contribution in [-0.4, -0.2) is 36.2 Å². The maximum absolute atomic E-state index is 12.2. The summed E-state index contributed by atoms with van der Waals surface area (Å²) in [6.07, 6.45) is 1.14. The van der Waals surface area contributed by atoms with Crippen molar-refractivity contribution < 1.29 is 14.3 Å². The van der Waals surface area contributed by atoms with Gasteiger partial charge in [-0.1, -0.05) is 0 Å². The van der Waals surface area contributed by atoms with Crippen molar-refractivity contribution in [2.75, 3.05) is 0 Å². The van der Waals surface area contributed by atoms with Crippen molar-refractivity contribution in [3.8, 4) is 0 Å². The number of hydrogen-bond donors (Lipinski definition) is 0. The Hall–Kier alpha value is -2.11. The molecule has 1 aliphatic heterocycles. The summed E-state index contributed by atoms with van der Waals surface area (Å²) >= 11 is -3.26. The second kappa shape index (κ2) is 8.94. The van der Waals surface area contributed by atoms with Gasteiger partial charge in [-0.25, -0.2) is 0 Å². The van der Waals surface area contributed by atoms with E-state index < -0.39 is 30.3 Å². The topological polar surface area (TPSA) is 35.5 Å². The number of ether oxygens (including phenoxy) is 2. The summed E-state index contributed by atoms with van der Waals surface area (Å²) in [5.41, 5.74) is 0. The van der Waals surface area contributed by atoms with Gasteiger partial charge in [-0.2, -0.15) is 0 Å². The minimum atomic E-state index is -3.26. The molecule has 0 spiro atoms. The van der Waals surface area contributed by atoms with Crippen LogP contribution < -0.4 is 10.7 Å². The second-order valence-corrected chi connectivity index (χ2v) is 19.9. The zero-order valence-corrected chi connectivity index (χ0v) is 20.4. The predicted octanol–water partition coefficient (Wildman–Crippen LogP) is 3.62. The van der Waals surface area contributed by atoms with Gasteiger partial charge in [0, 0.05) is 0 Å². The number of esters is 1. The molecule has 0 aliphatic carbocycles. The van der Waals surface area contributed by atoms with Gasteiger partial charge < -0.3 is 0 Å². The van der Waals surface area contributed by atoms with Crippen molar-refractivity contribution in [1.29, 1.82) is 0 Å². The van der Waals surface area contributed by atoms with Crippen LogP contribution in [-0.2, 0) is 14.3 Å². The molecule has 0 amide bonds. The summed E-state index contributed by atoms with van der Waals surface area (Å²) < 4.78 is 16.6. The van der Waals surface area contributed by atoms with Crippen LogP contribution >= 0.6 is 0 Å². The molecule has 1 saturated heterocycles. The van der Waals surface area contributed by atoms with Gasteiger partial charge in [0.1, 0.15) is 0 Å². The van der Waals surface area contributed by atoms with E-state index in [9.17, 15) is 4.79 Å². The van der Waals surface area contributed by atoms with Gasteiger partial charge in [0.25, 0.3) is 0 Å². The molecule has 0 saturated carbocycles.